The summed E-state index contributed by atoms with van der Waals surface area (Å²) in [6.45, 7) is 1.13. The molecule has 160 valence electrons. The molecule has 2 amide bonds. The number of benzene rings is 2. The minimum absolute atomic E-state index is 0.0891. The molecule has 0 spiro atoms. The third kappa shape index (κ3) is 4.40. The highest BCUT2D eigenvalue weighted by molar-refractivity contribution is 5.82. The monoisotopic (exact) mass is 424 g/mol. The predicted octanol–water partition coefficient (Wildman–Crippen LogP) is 0.742. The third-order valence-corrected chi connectivity index (χ3v) is 5.43. The first-order valence-corrected chi connectivity index (χ1v) is 9.94. The fourth-order valence-corrected chi connectivity index (χ4v) is 3.69. The van der Waals surface area contributed by atoms with E-state index in [0.29, 0.717) is 26.2 Å². The van der Waals surface area contributed by atoms with Crippen LogP contribution < -0.4 is 11.1 Å². The Morgan fingerprint density at radius 1 is 0.839 bits per heavy atom. The second-order valence-corrected chi connectivity index (χ2v) is 7.44. The molecule has 2 aromatic carbocycles. The second-order valence-electron chi connectivity index (χ2n) is 7.44. The number of hydrogen-bond acceptors (Lipinski definition) is 4. The molecular weight excluding hydrogens is 403 g/mol. The van der Waals surface area contributed by atoms with Crippen LogP contribution in [0.4, 0.5) is 4.39 Å². The van der Waals surface area contributed by atoms with Crippen LogP contribution in [0.3, 0.4) is 0 Å². The number of piperazine rings is 1. The molecule has 1 fully saturated rings. The van der Waals surface area contributed by atoms with Gasteiger partial charge in [0.15, 0.2) is 0 Å². The summed E-state index contributed by atoms with van der Waals surface area (Å²) in [7, 11) is 0. The van der Waals surface area contributed by atoms with Crippen LogP contribution in [0.15, 0.2) is 58.1 Å². The number of aromatic nitrogens is 2. The van der Waals surface area contributed by atoms with Gasteiger partial charge >= 0.3 is 0 Å². The summed E-state index contributed by atoms with van der Waals surface area (Å²) >= 11 is 0. The molecule has 31 heavy (non-hydrogen) atoms. The van der Waals surface area contributed by atoms with Crippen molar-refractivity contribution in [2.24, 2.45) is 0 Å². The summed E-state index contributed by atoms with van der Waals surface area (Å²) in [6.07, 6.45) is 0.169. The zero-order valence-electron chi connectivity index (χ0n) is 16.7. The number of rotatable bonds is 4. The summed E-state index contributed by atoms with van der Waals surface area (Å²) in [5, 5.41) is 3.00. The maximum atomic E-state index is 13.0. The van der Waals surface area contributed by atoms with Gasteiger partial charge < -0.3 is 9.80 Å². The SMILES string of the molecule is O=C(Cc1ccc(F)cc1)N1CCN(C(=O)Cn2[nH]c(=O)c3ccccc3c2=O)CC1. The van der Waals surface area contributed by atoms with E-state index in [0.717, 1.165) is 10.2 Å². The quantitative estimate of drug-likeness (QED) is 0.668. The smallest absolute Gasteiger partial charge is 0.273 e. The minimum atomic E-state index is -0.434. The molecule has 1 aliphatic rings. The van der Waals surface area contributed by atoms with Crippen LogP contribution in [-0.2, 0) is 22.6 Å². The van der Waals surface area contributed by atoms with Crippen LogP contribution in [0.25, 0.3) is 10.8 Å². The topological polar surface area (TPSA) is 95.5 Å². The average Bonchev–Trinajstić information content (AvgIpc) is 2.79. The molecular formula is C22H21FN4O4. The van der Waals surface area contributed by atoms with E-state index in [1.807, 2.05) is 0 Å². The van der Waals surface area contributed by atoms with Crippen LogP contribution in [0.5, 0.6) is 0 Å². The summed E-state index contributed by atoms with van der Waals surface area (Å²) in [5.41, 5.74) is -0.139. The Bertz CT molecular complexity index is 1240. The van der Waals surface area contributed by atoms with Gasteiger partial charge in [0.1, 0.15) is 12.4 Å². The predicted molar refractivity (Wildman–Crippen MR) is 112 cm³/mol. The van der Waals surface area contributed by atoms with Crippen LogP contribution in [-0.4, -0.2) is 57.6 Å². The van der Waals surface area contributed by atoms with E-state index >= 15 is 0 Å². The van der Waals surface area contributed by atoms with Gasteiger partial charge in [0.05, 0.1) is 17.2 Å². The molecule has 0 atom stereocenters. The normalized spacial score (nSPS) is 14.1. The second kappa shape index (κ2) is 8.55. The molecule has 1 N–H and O–H groups in total. The van der Waals surface area contributed by atoms with Gasteiger partial charge in [0.25, 0.3) is 11.1 Å². The molecule has 0 bridgehead atoms. The Morgan fingerprint density at radius 2 is 1.42 bits per heavy atom. The first-order chi connectivity index (χ1) is 14.9. The molecule has 1 aromatic heterocycles. The van der Waals surface area contributed by atoms with Crippen molar-refractivity contribution in [3.05, 3.63) is 80.6 Å². The first-order valence-electron chi connectivity index (χ1n) is 9.94. The minimum Gasteiger partial charge on any atom is -0.339 e. The Labute approximate surface area is 176 Å². The van der Waals surface area contributed by atoms with Crippen molar-refractivity contribution < 1.29 is 14.0 Å². The van der Waals surface area contributed by atoms with Crippen molar-refractivity contribution in [2.75, 3.05) is 26.2 Å². The van der Waals surface area contributed by atoms with Crippen molar-refractivity contribution in [1.29, 1.82) is 0 Å². The number of carbonyl (C=O) groups excluding carboxylic acids is 2. The molecule has 0 saturated carbocycles. The molecule has 1 aliphatic heterocycles. The Hall–Kier alpha value is -3.75. The summed E-state index contributed by atoms with van der Waals surface area (Å²) < 4.78 is 14.0. The van der Waals surface area contributed by atoms with Gasteiger partial charge in [-0.25, -0.2) is 9.07 Å². The summed E-state index contributed by atoms with van der Waals surface area (Å²) in [5.74, 6) is -0.748. The first kappa shape index (κ1) is 20.5. The van der Waals surface area contributed by atoms with Gasteiger partial charge in [0.2, 0.25) is 11.8 Å². The Kier molecular flexibility index (Phi) is 5.66. The highest BCUT2D eigenvalue weighted by atomic mass is 19.1. The zero-order valence-corrected chi connectivity index (χ0v) is 16.7. The number of hydrogen-bond donors (Lipinski definition) is 1. The van der Waals surface area contributed by atoms with E-state index in [-0.39, 0.29) is 41.4 Å². The van der Waals surface area contributed by atoms with Crippen molar-refractivity contribution in [3.8, 4) is 0 Å². The summed E-state index contributed by atoms with van der Waals surface area (Å²) in [6, 6.07) is 12.2. The van der Waals surface area contributed by atoms with E-state index in [9.17, 15) is 23.6 Å². The highest BCUT2D eigenvalue weighted by Gasteiger charge is 2.24. The number of nitrogens with zero attached hydrogens (tertiary/aromatic N) is 3. The lowest BCUT2D eigenvalue weighted by atomic mass is 10.1. The lowest BCUT2D eigenvalue weighted by Crippen LogP contribution is -2.52. The lowest BCUT2D eigenvalue weighted by Gasteiger charge is -2.35. The van der Waals surface area contributed by atoms with Crippen LogP contribution in [0.2, 0.25) is 0 Å². The van der Waals surface area contributed by atoms with Gasteiger partial charge in [-0.1, -0.05) is 24.3 Å². The van der Waals surface area contributed by atoms with E-state index in [1.54, 1.807) is 46.2 Å². The number of carbonyl (C=O) groups is 2. The van der Waals surface area contributed by atoms with E-state index < -0.39 is 11.1 Å². The van der Waals surface area contributed by atoms with E-state index in [2.05, 4.69) is 5.10 Å². The average molecular weight is 424 g/mol. The maximum Gasteiger partial charge on any atom is 0.273 e. The number of nitrogens with one attached hydrogen (secondary N) is 1. The molecule has 3 aromatic rings. The van der Waals surface area contributed by atoms with Crippen molar-refractivity contribution in [2.45, 2.75) is 13.0 Å². The fraction of sp³-hybridized carbons (Fsp3) is 0.273. The molecule has 8 nitrogen and oxygen atoms in total. The molecule has 9 heteroatoms. The highest BCUT2D eigenvalue weighted by Crippen LogP contribution is 2.09. The largest absolute Gasteiger partial charge is 0.339 e. The number of amides is 2. The molecule has 0 radical (unpaired) electrons. The lowest BCUT2D eigenvalue weighted by molar-refractivity contribution is -0.139. The zero-order chi connectivity index (χ0) is 22.0. The van der Waals surface area contributed by atoms with Gasteiger partial charge in [-0.2, -0.15) is 0 Å². The summed E-state index contributed by atoms with van der Waals surface area (Å²) in [4.78, 5) is 53.1. The van der Waals surface area contributed by atoms with Crippen molar-refractivity contribution in [1.82, 2.24) is 19.6 Å². The Morgan fingerprint density at radius 3 is 2.06 bits per heavy atom. The van der Waals surface area contributed by atoms with Crippen LogP contribution in [0.1, 0.15) is 5.56 Å². The van der Waals surface area contributed by atoms with Crippen molar-refractivity contribution >= 4 is 22.6 Å². The maximum absolute atomic E-state index is 13.0. The molecule has 1 saturated heterocycles. The van der Waals surface area contributed by atoms with Crippen LogP contribution in [0, 0.1) is 5.82 Å². The fourth-order valence-electron chi connectivity index (χ4n) is 3.69. The molecule has 2 heterocycles. The Balaban J connectivity index is 1.37. The van der Waals surface area contributed by atoms with E-state index in [1.165, 1.54) is 12.1 Å². The van der Waals surface area contributed by atoms with Gasteiger partial charge in [0, 0.05) is 26.2 Å². The number of halogens is 1. The molecule has 0 unspecified atom stereocenters. The van der Waals surface area contributed by atoms with Gasteiger partial charge in [-0.3, -0.25) is 24.3 Å². The molecule has 0 aliphatic carbocycles. The van der Waals surface area contributed by atoms with Crippen LogP contribution >= 0.6 is 0 Å². The number of fused-ring (bicyclic) bond motifs is 1. The van der Waals surface area contributed by atoms with E-state index in [4.69, 9.17) is 0 Å². The van der Waals surface area contributed by atoms with Gasteiger partial charge in [-0.05, 0) is 29.8 Å². The standard InChI is InChI=1S/C22H21FN4O4/c23-16-7-5-15(6-8-16)13-19(28)25-9-11-26(12-10-25)20(29)14-27-22(31)18-4-2-1-3-17(18)21(30)24-27/h1-8H,9-14H2,(H,24,30). The van der Waals surface area contributed by atoms with Gasteiger partial charge in [-0.15, -0.1) is 0 Å². The molecule has 4 rings (SSSR count). The van der Waals surface area contributed by atoms with Crippen molar-refractivity contribution in [3.63, 3.8) is 0 Å². The third-order valence-electron chi connectivity index (χ3n) is 5.43. The number of H-pyrrole nitrogens is 1. The number of aromatic amines is 1.